The van der Waals surface area contributed by atoms with Crippen LogP contribution in [0.3, 0.4) is 0 Å². The smallest absolute Gasteiger partial charge is 0.408 e. The van der Waals surface area contributed by atoms with Crippen molar-refractivity contribution in [1.82, 2.24) is 5.32 Å². The zero-order chi connectivity index (χ0) is 13.1. The van der Waals surface area contributed by atoms with E-state index < -0.39 is 17.7 Å². The molecular formula is C12H21NO4. The van der Waals surface area contributed by atoms with E-state index in [9.17, 15) is 9.59 Å². The molecule has 0 radical (unpaired) electrons. The second-order valence-electron chi connectivity index (χ2n) is 5.21. The van der Waals surface area contributed by atoms with E-state index in [2.05, 4.69) is 5.32 Å². The number of esters is 1. The van der Waals surface area contributed by atoms with Crippen molar-refractivity contribution in [2.45, 2.75) is 52.2 Å². The molecule has 5 heteroatoms. The van der Waals surface area contributed by atoms with Crippen LogP contribution in [0.1, 0.15) is 40.5 Å². The number of amides is 1. The van der Waals surface area contributed by atoms with Gasteiger partial charge in [0.2, 0.25) is 0 Å². The van der Waals surface area contributed by atoms with Crippen LogP contribution in [-0.4, -0.2) is 30.3 Å². The topological polar surface area (TPSA) is 64.6 Å². The number of carbonyl (C=O) groups excluding carboxylic acids is 2. The van der Waals surface area contributed by atoms with Gasteiger partial charge in [-0.2, -0.15) is 0 Å². The molecule has 1 saturated carbocycles. The van der Waals surface area contributed by atoms with E-state index in [-0.39, 0.29) is 11.9 Å². The Morgan fingerprint density at radius 1 is 1.35 bits per heavy atom. The van der Waals surface area contributed by atoms with Crippen LogP contribution in [0.5, 0.6) is 0 Å². The van der Waals surface area contributed by atoms with Gasteiger partial charge in [0, 0.05) is 0 Å². The number of rotatable bonds is 4. The van der Waals surface area contributed by atoms with Gasteiger partial charge in [-0.15, -0.1) is 0 Å². The van der Waals surface area contributed by atoms with Crippen molar-refractivity contribution in [2.75, 3.05) is 6.61 Å². The van der Waals surface area contributed by atoms with Crippen LogP contribution in [0, 0.1) is 5.92 Å². The maximum absolute atomic E-state index is 11.6. The zero-order valence-electron chi connectivity index (χ0n) is 10.9. The quantitative estimate of drug-likeness (QED) is 0.765. The summed E-state index contributed by atoms with van der Waals surface area (Å²) in [5, 5.41) is 2.58. The highest BCUT2D eigenvalue weighted by Crippen LogP contribution is 2.33. The van der Waals surface area contributed by atoms with Crippen molar-refractivity contribution in [3.05, 3.63) is 0 Å². The highest BCUT2D eigenvalue weighted by molar-refractivity contribution is 5.82. The van der Waals surface area contributed by atoms with Gasteiger partial charge in [0.25, 0.3) is 0 Å². The molecule has 0 aromatic rings. The number of carbonyl (C=O) groups is 2. The Balaban J connectivity index is 2.49. The number of ether oxygens (including phenoxy) is 2. The molecule has 1 aliphatic rings. The van der Waals surface area contributed by atoms with E-state index in [4.69, 9.17) is 9.47 Å². The molecule has 1 aliphatic carbocycles. The van der Waals surface area contributed by atoms with Crippen molar-refractivity contribution >= 4 is 12.1 Å². The van der Waals surface area contributed by atoms with Crippen molar-refractivity contribution in [3.8, 4) is 0 Å². The largest absolute Gasteiger partial charge is 0.464 e. The van der Waals surface area contributed by atoms with Gasteiger partial charge in [0.15, 0.2) is 0 Å². The third-order valence-corrected chi connectivity index (χ3v) is 2.31. The summed E-state index contributed by atoms with van der Waals surface area (Å²) in [5.41, 5.74) is -0.563. The fourth-order valence-corrected chi connectivity index (χ4v) is 1.47. The van der Waals surface area contributed by atoms with Crippen LogP contribution < -0.4 is 5.32 Å². The Labute approximate surface area is 102 Å². The first-order chi connectivity index (χ1) is 7.83. The molecule has 17 heavy (non-hydrogen) atoms. The first-order valence-electron chi connectivity index (χ1n) is 5.99. The summed E-state index contributed by atoms with van der Waals surface area (Å²) in [5.74, 6) is -0.178. The van der Waals surface area contributed by atoms with Crippen LogP contribution in [0.2, 0.25) is 0 Å². The first kappa shape index (κ1) is 13.8. The molecule has 1 atom stereocenters. The predicted octanol–water partition coefficient (Wildman–Crippen LogP) is 1.85. The fraction of sp³-hybridized carbons (Fsp3) is 0.833. The number of hydrogen-bond donors (Lipinski definition) is 1. The molecule has 1 rings (SSSR count). The summed E-state index contributed by atoms with van der Waals surface area (Å²) in [7, 11) is 0. The molecule has 0 heterocycles. The fourth-order valence-electron chi connectivity index (χ4n) is 1.47. The Bertz CT molecular complexity index is 291. The van der Waals surface area contributed by atoms with Crippen molar-refractivity contribution in [1.29, 1.82) is 0 Å². The standard InChI is InChI=1S/C12H21NO4/c1-5-16-10(14)9(8-6-7-8)13-11(15)17-12(2,3)4/h8-9H,5-7H2,1-4H3,(H,13,15). The maximum atomic E-state index is 11.6. The monoisotopic (exact) mass is 243 g/mol. The van der Waals surface area contributed by atoms with Gasteiger partial charge in [-0.3, -0.25) is 0 Å². The Hall–Kier alpha value is -1.26. The molecule has 0 bridgehead atoms. The van der Waals surface area contributed by atoms with Gasteiger partial charge in [0.05, 0.1) is 6.61 Å². The van der Waals surface area contributed by atoms with Gasteiger partial charge >= 0.3 is 12.1 Å². The van der Waals surface area contributed by atoms with Gasteiger partial charge in [-0.1, -0.05) is 0 Å². The van der Waals surface area contributed by atoms with E-state index in [1.165, 1.54) is 0 Å². The van der Waals surface area contributed by atoms with Crippen molar-refractivity contribution in [3.63, 3.8) is 0 Å². The predicted molar refractivity (Wildman–Crippen MR) is 62.5 cm³/mol. The molecule has 0 aromatic carbocycles. The third kappa shape index (κ3) is 5.06. The summed E-state index contributed by atoms with van der Waals surface area (Å²) in [6.45, 7) is 7.41. The second kappa shape index (κ2) is 5.38. The van der Waals surface area contributed by atoms with E-state index in [1.54, 1.807) is 27.7 Å². The second-order valence-corrected chi connectivity index (χ2v) is 5.21. The molecule has 1 unspecified atom stereocenters. The molecule has 1 amide bonds. The average Bonchev–Trinajstić information content (AvgIpc) is 2.94. The lowest BCUT2D eigenvalue weighted by Crippen LogP contribution is -2.45. The van der Waals surface area contributed by atoms with E-state index in [0.29, 0.717) is 6.61 Å². The van der Waals surface area contributed by atoms with Gasteiger partial charge in [0.1, 0.15) is 11.6 Å². The molecule has 0 spiro atoms. The SMILES string of the molecule is CCOC(=O)C(NC(=O)OC(C)(C)C)C1CC1. The summed E-state index contributed by atoms with van der Waals surface area (Å²) in [6.07, 6.45) is 1.32. The molecule has 98 valence electrons. The lowest BCUT2D eigenvalue weighted by molar-refractivity contribution is -0.146. The minimum Gasteiger partial charge on any atom is -0.464 e. The Morgan fingerprint density at radius 3 is 2.35 bits per heavy atom. The third-order valence-electron chi connectivity index (χ3n) is 2.31. The summed E-state index contributed by atoms with van der Waals surface area (Å²) >= 11 is 0. The molecule has 0 aromatic heterocycles. The molecule has 1 fully saturated rings. The Morgan fingerprint density at radius 2 is 1.94 bits per heavy atom. The van der Waals surface area contributed by atoms with E-state index in [1.807, 2.05) is 0 Å². The maximum Gasteiger partial charge on any atom is 0.408 e. The lowest BCUT2D eigenvalue weighted by Gasteiger charge is -2.22. The molecule has 1 N–H and O–H groups in total. The van der Waals surface area contributed by atoms with Gasteiger partial charge < -0.3 is 14.8 Å². The number of nitrogens with one attached hydrogen (secondary N) is 1. The molecule has 0 saturated heterocycles. The van der Waals surface area contributed by atoms with Crippen LogP contribution in [0.25, 0.3) is 0 Å². The lowest BCUT2D eigenvalue weighted by atomic mass is 10.2. The average molecular weight is 243 g/mol. The Kier molecular flexibility index (Phi) is 4.37. The van der Waals surface area contributed by atoms with Crippen LogP contribution >= 0.6 is 0 Å². The van der Waals surface area contributed by atoms with E-state index in [0.717, 1.165) is 12.8 Å². The van der Waals surface area contributed by atoms with Crippen LogP contribution in [-0.2, 0) is 14.3 Å². The van der Waals surface area contributed by atoms with Crippen LogP contribution in [0.15, 0.2) is 0 Å². The summed E-state index contributed by atoms with van der Waals surface area (Å²) in [6, 6.07) is -0.565. The highest BCUT2D eigenvalue weighted by atomic mass is 16.6. The molecular weight excluding hydrogens is 222 g/mol. The van der Waals surface area contributed by atoms with Crippen molar-refractivity contribution in [2.24, 2.45) is 5.92 Å². The minimum atomic E-state index is -0.567. The number of hydrogen-bond acceptors (Lipinski definition) is 4. The first-order valence-corrected chi connectivity index (χ1v) is 5.99. The summed E-state index contributed by atoms with van der Waals surface area (Å²) < 4.78 is 10.0. The van der Waals surface area contributed by atoms with E-state index >= 15 is 0 Å². The minimum absolute atomic E-state index is 0.196. The number of alkyl carbamates (subject to hydrolysis) is 1. The summed E-state index contributed by atoms with van der Waals surface area (Å²) in [4.78, 5) is 23.2. The van der Waals surface area contributed by atoms with Gasteiger partial charge in [-0.05, 0) is 46.5 Å². The normalized spacial score (nSPS) is 17.2. The van der Waals surface area contributed by atoms with Gasteiger partial charge in [-0.25, -0.2) is 9.59 Å². The molecule has 5 nitrogen and oxygen atoms in total. The molecule has 0 aliphatic heterocycles. The zero-order valence-corrected chi connectivity index (χ0v) is 10.9. The highest BCUT2D eigenvalue weighted by Gasteiger charge is 2.39. The van der Waals surface area contributed by atoms with Crippen LogP contribution in [0.4, 0.5) is 4.79 Å². The van der Waals surface area contributed by atoms with Crippen molar-refractivity contribution < 1.29 is 19.1 Å².